The van der Waals surface area contributed by atoms with E-state index in [2.05, 4.69) is 20.9 Å². The maximum Gasteiger partial charge on any atom is 0.242 e. The number of unbranched alkanes of at least 4 members (excludes halogenated alkanes) is 1. The van der Waals surface area contributed by atoms with Gasteiger partial charge in [0.1, 0.15) is 12.3 Å². The molecular formula is C19H33IN4O3. The molecule has 0 saturated carbocycles. The molecule has 27 heavy (non-hydrogen) atoms. The number of ether oxygens (including phenoxy) is 2. The van der Waals surface area contributed by atoms with Crippen LogP contribution in [-0.4, -0.2) is 51.8 Å². The lowest BCUT2D eigenvalue weighted by Crippen LogP contribution is -2.39. The molecule has 0 aliphatic carbocycles. The predicted molar refractivity (Wildman–Crippen MR) is 120 cm³/mol. The molecule has 154 valence electrons. The Morgan fingerprint density at radius 3 is 2.44 bits per heavy atom. The minimum atomic E-state index is -0.116. The van der Waals surface area contributed by atoms with E-state index >= 15 is 0 Å². The highest BCUT2D eigenvalue weighted by atomic mass is 127. The standard InChI is InChI=1S/C19H32N4O3.HI/c1-4-20-19(21-12-6-7-13-26-5-2)23-15-18(24)22-14-16-8-10-17(25-3)11-9-16;/h8-11H,4-7,12-15H2,1-3H3,(H,22,24)(H2,20,21,23);1H. The molecule has 0 atom stereocenters. The Morgan fingerprint density at radius 2 is 1.81 bits per heavy atom. The Balaban J connectivity index is 0.00000676. The highest BCUT2D eigenvalue weighted by Gasteiger charge is 2.03. The Labute approximate surface area is 179 Å². The number of nitrogens with zero attached hydrogens (tertiary/aromatic N) is 1. The van der Waals surface area contributed by atoms with E-state index in [1.54, 1.807) is 7.11 Å². The Hall–Kier alpha value is -1.55. The van der Waals surface area contributed by atoms with Gasteiger partial charge < -0.3 is 25.4 Å². The smallest absolute Gasteiger partial charge is 0.242 e. The monoisotopic (exact) mass is 492 g/mol. The number of hydrogen-bond acceptors (Lipinski definition) is 4. The summed E-state index contributed by atoms with van der Waals surface area (Å²) >= 11 is 0. The Morgan fingerprint density at radius 1 is 1.07 bits per heavy atom. The van der Waals surface area contributed by atoms with Crippen LogP contribution < -0.4 is 20.7 Å². The first-order valence-corrected chi connectivity index (χ1v) is 9.19. The summed E-state index contributed by atoms with van der Waals surface area (Å²) in [4.78, 5) is 16.3. The first-order valence-electron chi connectivity index (χ1n) is 9.19. The van der Waals surface area contributed by atoms with Gasteiger partial charge in [-0.25, -0.2) is 4.99 Å². The second kappa shape index (κ2) is 16.6. The van der Waals surface area contributed by atoms with Gasteiger partial charge in [0.15, 0.2) is 5.96 Å². The van der Waals surface area contributed by atoms with Crippen molar-refractivity contribution in [2.75, 3.05) is 40.0 Å². The number of halogens is 1. The quantitative estimate of drug-likeness (QED) is 0.181. The summed E-state index contributed by atoms with van der Waals surface area (Å²) in [5.74, 6) is 1.34. The minimum Gasteiger partial charge on any atom is -0.497 e. The van der Waals surface area contributed by atoms with E-state index in [9.17, 15) is 4.79 Å². The highest BCUT2D eigenvalue weighted by molar-refractivity contribution is 14.0. The molecule has 1 aromatic carbocycles. The van der Waals surface area contributed by atoms with Gasteiger partial charge in [-0.1, -0.05) is 12.1 Å². The molecule has 0 aliphatic rings. The average molecular weight is 492 g/mol. The summed E-state index contributed by atoms with van der Waals surface area (Å²) in [7, 11) is 1.63. The van der Waals surface area contributed by atoms with Crippen molar-refractivity contribution in [3.8, 4) is 5.75 Å². The Bertz CT molecular complexity index is 538. The third-order valence-corrected chi connectivity index (χ3v) is 3.59. The summed E-state index contributed by atoms with van der Waals surface area (Å²) in [6, 6.07) is 7.60. The van der Waals surface area contributed by atoms with Crippen molar-refractivity contribution in [2.45, 2.75) is 33.2 Å². The minimum absolute atomic E-state index is 0. The first-order chi connectivity index (χ1) is 12.7. The molecule has 0 fully saturated rings. The first kappa shape index (κ1) is 25.4. The van der Waals surface area contributed by atoms with Gasteiger partial charge >= 0.3 is 0 Å². The summed E-state index contributed by atoms with van der Waals surface area (Å²) in [6.45, 7) is 7.63. The van der Waals surface area contributed by atoms with Crippen molar-refractivity contribution in [3.05, 3.63) is 29.8 Å². The molecule has 0 heterocycles. The van der Waals surface area contributed by atoms with Crippen LogP contribution >= 0.6 is 24.0 Å². The van der Waals surface area contributed by atoms with E-state index in [0.29, 0.717) is 12.5 Å². The number of nitrogens with one attached hydrogen (secondary N) is 3. The zero-order valence-electron chi connectivity index (χ0n) is 16.5. The van der Waals surface area contributed by atoms with E-state index < -0.39 is 0 Å². The van der Waals surface area contributed by atoms with E-state index in [0.717, 1.165) is 50.5 Å². The van der Waals surface area contributed by atoms with E-state index in [4.69, 9.17) is 9.47 Å². The number of guanidine groups is 1. The number of carbonyl (C=O) groups is 1. The second-order valence-electron chi connectivity index (χ2n) is 5.65. The predicted octanol–water partition coefficient (Wildman–Crippen LogP) is 2.30. The zero-order valence-corrected chi connectivity index (χ0v) is 18.9. The highest BCUT2D eigenvalue weighted by Crippen LogP contribution is 2.10. The molecule has 1 amide bonds. The molecule has 0 bridgehead atoms. The van der Waals surface area contributed by atoms with Gasteiger partial charge in [-0.3, -0.25) is 4.79 Å². The van der Waals surface area contributed by atoms with Gasteiger partial charge in [-0.15, -0.1) is 24.0 Å². The van der Waals surface area contributed by atoms with Gasteiger partial charge in [-0.05, 0) is 44.4 Å². The largest absolute Gasteiger partial charge is 0.497 e. The summed E-state index contributed by atoms with van der Waals surface area (Å²) in [5, 5.41) is 9.23. The van der Waals surface area contributed by atoms with Gasteiger partial charge in [-0.2, -0.15) is 0 Å². The molecule has 1 rings (SSSR count). The topological polar surface area (TPSA) is 84.0 Å². The van der Waals surface area contributed by atoms with Crippen molar-refractivity contribution in [3.63, 3.8) is 0 Å². The van der Waals surface area contributed by atoms with Gasteiger partial charge in [0.2, 0.25) is 5.91 Å². The Kier molecular flexibility index (Phi) is 15.7. The summed E-state index contributed by atoms with van der Waals surface area (Å²) < 4.78 is 10.4. The van der Waals surface area contributed by atoms with E-state index in [1.807, 2.05) is 38.1 Å². The number of rotatable bonds is 12. The fourth-order valence-corrected chi connectivity index (χ4v) is 2.17. The van der Waals surface area contributed by atoms with Gasteiger partial charge in [0.05, 0.1) is 7.11 Å². The van der Waals surface area contributed by atoms with Crippen LogP contribution in [0.3, 0.4) is 0 Å². The van der Waals surface area contributed by atoms with Crippen LogP contribution in [0, 0.1) is 0 Å². The second-order valence-corrected chi connectivity index (χ2v) is 5.65. The van der Waals surface area contributed by atoms with Crippen LogP contribution in [0.2, 0.25) is 0 Å². The number of amides is 1. The van der Waals surface area contributed by atoms with Crippen LogP contribution in [0.25, 0.3) is 0 Å². The van der Waals surface area contributed by atoms with E-state index in [-0.39, 0.29) is 36.4 Å². The molecule has 0 radical (unpaired) electrons. The van der Waals surface area contributed by atoms with Crippen molar-refractivity contribution < 1.29 is 14.3 Å². The number of methoxy groups -OCH3 is 1. The lowest BCUT2D eigenvalue weighted by atomic mass is 10.2. The number of benzene rings is 1. The van der Waals surface area contributed by atoms with Crippen LogP contribution in [0.4, 0.5) is 0 Å². The summed E-state index contributed by atoms with van der Waals surface area (Å²) in [6.07, 6.45) is 2.00. The molecule has 8 heteroatoms. The maximum atomic E-state index is 12.0. The number of aliphatic imine (C=N–C) groups is 1. The molecule has 0 aliphatic heterocycles. The summed E-state index contributed by atoms with van der Waals surface area (Å²) in [5.41, 5.74) is 1.02. The van der Waals surface area contributed by atoms with Gasteiger partial charge in [0, 0.05) is 32.8 Å². The lowest BCUT2D eigenvalue weighted by Gasteiger charge is -2.11. The SMILES string of the molecule is CCNC(=NCC(=O)NCc1ccc(OC)cc1)NCCCCOCC.I. The molecule has 3 N–H and O–H groups in total. The molecule has 0 spiro atoms. The van der Waals surface area contributed by atoms with Crippen LogP contribution in [0.5, 0.6) is 5.75 Å². The van der Waals surface area contributed by atoms with Crippen molar-refractivity contribution in [1.29, 1.82) is 0 Å². The van der Waals surface area contributed by atoms with Crippen molar-refractivity contribution in [1.82, 2.24) is 16.0 Å². The third-order valence-electron chi connectivity index (χ3n) is 3.59. The molecule has 0 unspecified atom stereocenters. The molecule has 0 aromatic heterocycles. The van der Waals surface area contributed by atoms with Crippen molar-refractivity contribution >= 4 is 35.8 Å². The van der Waals surface area contributed by atoms with Gasteiger partial charge in [0.25, 0.3) is 0 Å². The van der Waals surface area contributed by atoms with Crippen LogP contribution in [0.15, 0.2) is 29.3 Å². The van der Waals surface area contributed by atoms with E-state index in [1.165, 1.54) is 0 Å². The number of carbonyl (C=O) groups excluding carboxylic acids is 1. The maximum absolute atomic E-state index is 12.0. The molecule has 1 aromatic rings. The third kappa shape index (κ3) is 12.5. The zero-order chi connectivity index (χ0) is 19.0. The van der Waals surface area contributed by atoms with Crippen molar-refractivity contribution in [2.24, 2.45) is 4.99 Å². The fraction of sp³-hybridized carbons (Fsp3) is 0.579. The number of hydrogen-bond donors (Lipinski definition) is 3. The molecular weight excluding hydrogens is 459 g/mol. The molecule has 0 saturated heterocycles. The van der Waals surface area contributed by atoms with Crippen LogP contribution in [0.1, 0.15) is 32.3 Å². The fourth-order valence-electron chi connectivity index (χ4n) is 2.17. The average Bonchev–Trinajstić information content (AvgIpc) is 2.67. The lowest BCUT2D eigenvalue weighted by molar-refractivity contribution is -0.119. The normalized spacial score (nSPS) is 10.7. The molecule has 7 nitrogen and oxygen atoms in total. The van der Waals surface area contributed by atoms with Crippen LogP contribution in [-0.2, 0) is 16.1 Å².